The second-order valence-corrected chi connectivity index (χ2v) is 2.64. The Morgan fingerprint density at radius 3 is 2.50 bits per heavy atom. The third kappa shape index (κ3) is 1.06. The molecule has 0 fully saturated rings. The minimum Gasteiger partial charge on any atom is -0.212 e. The highest BCUT2D eigenvalue weighted by Gasteiger charge is 2.11. The normalized spacial score (nSPS) is 19.6. The maximum Gasteiger partial charge on any atom is 0.0688 e. The molecule has 1 aliphatic heterocycles. The average molecular weight is 141 g/mol. The summed E-state index contributed by atoms with van der Waals surface area (Å²) in [5.74, 6) is 0. The van der Waals surface area contributed by atoms with Crippen molar-refractivity contribution in [2.45, 2.75) is 20.8 Å². The molecule has 0 bridgehead atoms. The summed E-state index contributed by atoms with van der Waals surface area (Å²) in [6.45, 7) is 6.14. The maximum atomic E-state index is 12.7. The van der Waals surface area contributed by atoms with Crippen LogP contribution in [0.4, 0.5) is 4.48 Å². The van der Waals surface area contributed by atoms with Crippen molar-refractivity contribution < 1.29 is 4.48 Å². The van der Waals surface area contributed by atoms with Gasteiger partial charge in [0.15, 0.2) is 0 Å². The molecule has 1 heterocycles. The number of rotatable bonds is 0. The molecular weight excluding hydrogens is 129 g/mol. The summed E-state index contributed by atoms with van der Waals surface area (Å²) in [7, 11) is 0. The van der Waals surface area contributed by atoms with Crippen molar-refractivity contribution in [3.05, 3.63) is 22.9 Å². The quantitative estimate of drug-likeness (QED) is 0.468. The SMILES string of the molecule is CC1=CCN(F)C(C)=C1C. The average Bonchev–Trinajstić information content (AvgIpc) is 1.93. The number of allylic oxidation sites excluding steroid dienone is 3. The molecule has 0 spiro atoms. The van der Waals surface area contributed by atoms with Crippen LogP contribution in [0.25, 0.3) is 0 Å². The molecular formula is C8H12FN. The molecule has 0 amide bonds. The lowest BCUT2D eigenvalue weighted by atomic mass is 10.0. The van der Waals surface area contributed by atoms with Crippen LogP contribution in [-0.2, 0) is 0 Å². The van der Waals surface area contributed by atoms with E-state index in [2.05, 4.69) is 0 Å². The van der Waals surface area contributed by atoms with Gasteiger partial charge in [0.25, 0.3) is 0 Å². The molecule has 0 aromatic rings. The van der Waals surface area contributed by atoms with Crippen LogP contribution in [0.3, 0.4) is 0 Å². The Bertz CT molecular complexity index is 203. The Hall–Kier alpha value is -0.790. The number of halogens is 1. The van der Waals surface area contributed by atoms with Gasteiger partial charge in [-0.1, -0.05) is 10.6 Å². The fraction of sp³-hybridized carbons (Fsp3) is 0.500. The molecule has 1 nitrogen and oxygen atoms in total. The van der Waals surface area contributed by atoms with Gasteiger partial charge >= 0.3 is 0 Å². The predicted octanol–water partition coefficient (Wildman–Crippen LogP) is 2.43. The smallest absolute Gasteiger partial charge is 0.0688 e. The molecule has 56 valence electrons. The summed E-state index contributed by atoms with van der Waals surface area (Å²) in [6, 6.07) is 0. The maximum absolute atomic E-state index is 12.7. The third-order valence-electron chi connectivity index (χ3n) is 2.06. The highest BCUT2D eigenvalue weighted by Crippen LogP contribution is 2.21. The van der Waals surface area contributed by atoms with Crippen LogP contribution in [0.15, 0.2) is 22.9 Å². The first kappa shape index (κ1) is 7.32. The van der Waals surface area contributed by atoms with Gasteiger partial charge in [-0.3, -0.25) is 0 Å². The van der Waals surface area contributed by atoms with E-state index in [4.69, 9.17) is 0 Å². The Labute approximate surface area is 60.8 Å². The van der Waals surface area contributed by atoms with E-state index < -0.39 is 0 Å². The zero-order chi connectivity index (χ0) is 7.72. The van der Waals surface area contributed by atoms with E-state index in [1.54, 1.807) is 6.92 Å². The van der Waals surface area contributed by atoms with Crippen molar-refractivity contribution in [1.82, 2.24) is 5.12 Å². The van der Waals surface area contributed by atoms with Gasteiger partial charge in [-0.05, 0) is 31.9 Å². The first-order valence-corrected chi connectivity index (χ1v) is 3.41. The molecule has 10 heavy (non-hydrogen) atoms. The minimum atomic E-state index is 0.398. The van der Waals surface area contributed by atoms with Crippen LogP contribution in [0, 0.1) is 0 Å². The molecule has 0 atom stereocenters. The minimum absolute atomic E-state index is 0.398. The summed E-state index contributed by atoms with van der Waals surface area (Å²) in [5.41, 5.74) is 2.97. The lowest BCUT2D eigenvalue weighted by Gasteiger charge is -2.20. The van der Waals surface area contributed by atoms with E-state index in [0.717, 1.165) is 16.4 Å². The first-order chi connectivity index (χ1) is 4.63. The van der Waals surface area contributed by atoms with Crippen LogP contribution in [0.1, 0.15) is 20.8 Å². The van der Waals surface area contributed by atoms with E-state index in [9.17, 15) is 4.48 Å². The van der Waals surface area contributed by atoms with Crippen LogP contribution in [0.2, 0.25) is 0 Å². The molecule has 0 radical (unpaired) electrons. The topological polar surface area (TPSA) is 3.24 Å². The highest BCUT2D eigenvalue weighted by molar-refractivity contribution is 5.33. The Balaban J connectivity index is 2.94. The van der Waals surface area contributed by atoms with Crippen LogP contribution in [-0.4, -0.2) is 11.7 Å². The predicted molar refractivity (Wildman–Crippen MR) is 39.9 cm³/mol. The lowest BCUT2D eigenvalue weighted by Crippen LogP contribution is -2.16. The molecule has 0 aromatic carbocycles. The fourth-order valence-corrected chi connectivity index (χ4v) is 0.974. The standard InChI is InChI=1S/C8H12FN/c1-6-4-5-10(9)8(3)7(6)2/h4H,5H2,1-3H3. The van der Waals surface area contributed by atoms with Crippen molar-refractivity contribution >= 4 is 0 Å². The third-order valence-corrected chi connectivity index (χ3v) is 2.06. The molecule has 0 aromatic heterocycles. The number of hydrogen-bond donors (Lipinski definition) is 0. The second-order valence-electron chi connectivity index (χ2n) is 2.64. The molecule has 1 aliphatic rings. The Kier molecular flexibility index (Phi) is 1.79. The second kappa shape index (κ2) is 2.45. The molecule has 0 aliphatic carbocycles. The summed E-state index contributed by atoms with van der Waals surface area (Å²) in [6.07, 6.45) is 1.89. The van der Waals surface area contributed by atoms with E-state index in [1.807, 2.05) is 19.9 Å². The van der Waals surface area contributed by atoms with Gasteiger partial charge in [0.2, 0.25) is 0 Å². The van der Waals surface area contributed by atoms with Gasteiger partial charge < -0.3 is 0 Å². The molecule has 0 N–H and O–H groups in total. The van der Waals surface area contributed by atoms with E-state index in [0.29, 0.717) is 6.54 Å². The zero-order valence-electron chi connectivity index (χ0n) is 6.61. The summed E-state index contributed by atoms with van der Waals surface area (Å²) < 4.78 is 12.7. The van der Waals surface area contributed by atoms with Crippen molar-refractivity contribution in [3.8, 4) is 0 Å². The fourth-order valence-electron chi connectivity index (χ4n) is 0.974. The summed E-state index contributed by atoms with van der Waals surface area (Å²) >= 11 is 0. The Morgan fingerprint density at radius 2 is 2.00 bits per heavy atom. The van der Waals surface area contributed by atoms with Gasteiger partial charge in [-0.15, -0.1) is 0 Å². The molecule has 1 rings (SSSR count). The van der Waals surface area contributed by atoms with Gasteiger partial charge in [0, 0.05) is 5.70 Å². The Morgan fingerprint density at radius 1 is 1.40 bits per heavy atom. The number of nitrogens with zero attached hydrogens (tertiary/aromatic N) is 1. The van der Waals surface area contributed by atoms with Crippen LogP contribution < -0.4 is 0 Å². The van der Waals surface area contributed by atoms with Gasteiger partial charge in [0.1, 0.15) is 0 Å². The van der Waals surface area contributed by atoms with Gasteiger partial charge in [0.05, 0.1) is 6.54 Å². The van der Waals surface area contributed by atoms with Gasteiger partial charge in [-0.2, -0.15) is 0 Å². The summed E-state index contributed by atoms with van der Waals surface area (Å²) in [4.78, 5) is 0. The van der Waals surface area contributed by atoms with Crippen molar-refractivity contribution in [1.29, 1.82) is 0 Å². The lowest BCUT2D eigenvalue weighted by molar-refractivity contribution is 0.0828. The van der Waals surface area contributed by atoms with E-state index in [-0.39, 0.29) is 0 Å². The van der Waals surface area contributed by atoms with Crippen LogP contribution >= 0.6 is 0 Å². The highest BCUT2D eigenvalue weighted by atomic mass is 19.2. The molecule has 2 heteroatoms. The van der Waals surface area contributed by atoms with E-state index >= 15 is 0 Å². The summed E-state index contributed by atoms with van der Waals surface area (Å²) in [5, 5.41) is 0.766. The largest absolute Gasteiger partial charge is 0.212 e. The monoisotopic (exact) mass is 141 g/mol. The molecule has 0 unspecified atom stereocenters. The zero-order valence-corrected chi connectivity index (χ0v) is 6.61. The first-order valence-electron chi connectivity index (χ1n) is 3.41. The van der Waals surface area contributed by atoms with Crippen molar-refractivity contribution in [2.24, 2.45) is 0 Å². The van der Waals surface area contributed by atoms with Crippen molar-refractivity contribution in [3.63, 3.8) is 0 Å². The van der Waals surface area contributed by atoms with Crippen LogP contribution in [0.5, 0.6) is 0 Å². The van der Waals surface area contributed by atoms with Gasteiger partial charge in [-0.25, -0.2) is 5.12 Å². The van der Waals surface area contributed by atoms with E-state index in [1.165, 1.54) is 5.57 Å². The number of hydrogen-bond acceptors (Lipinski definition) is 1. The molecule has 0 saturated heterocycles. The molecule has 0 saturated carbocycles. The van der Waals surface area contributed by atoms with Crippen molar-refractivity contribution in [2.75, 3.05) is 6.54 Å².